The van der Waals surface area contributed by atoms with Crippen molar-refractivity contribution in [2.45, 2.75) is 30.2 Å². The van der Waals surface area contributed by atoms with Gasteiger partial charge < -0.3 is 9.88 Å². The normalized spacial score (nSPS) is 20.7. The number of rotatable bonds is 2. The first-order valence-corrected chi connectivity index (χ1v) is 8.75. The number of nitro benzene ring substituents is 1. The highest BCUT2D eigenvalue weighted by molar-refractivity contribution is 7.99. The number of thioether (sulfide) groups is 1. The summed E-state index contributed by atoms with van der Waals surface area (Å²) in [6.45, 7) is 0. The highest BCUT2D eigenvalue weighted by Gasteiger charge is 2.34. The van der Waals surface area contributed by atoms with Crippen LogP contribution in [0.1, 0.15) is 19.3 Å². The third-order valence-electron chi connectivity index (χ3n) is 4.74. The number of hydrogen-bond acceptors (Lipinski definition) is 5. The first kappa shape index (κ1) is 14.6. The molecule has 1 N–H and O–H groups in total. The number of nitrogens with one attached hydrogen (secondary N) is 1. The molecule has 2 aliphatic rings. The van der Waals surface area contributed by atoms with Crippen LogP contribution in [0.25, 0.3) is 10.9 Å². The van der Waals surface area contributed by atoms with E-state index in [0.29, 0.717) is 16.9 Å². The van der Waals surface area contributed by atoms with Crippen LogP contribution in [-0.2, 0) is 7.05 Å². The summed E-state index contributed by atoms with van der Waals surface area (Å²) in [5.74, 6) is 1.57. The molecule has 1 saturated carbocycles. The monoisotopic (exact) mass is 331 g/mol. The van der Waals surface area contributed by atoms with Crippen LogP contribution < -0.4 is 10.9 Å². The van der Waals surface area contributed by atoms with Crippen LogP contribution >= 0.6 is 11.8 Å². The molecule has 2 heterocycles. The molecule has 1 aliphatic heterocycles. The van der Waals surface area contributed by atoms with Crippen molar-refractivity contribution in [3.05, 3.63) is 38.7 Å². The van der Waals surface area contributed by atoms with Crippen LogP contribution in [0, 0.1) is 16.0 Å². The van der Waals surface area contributed by atoms with Gasteiger partial charge in [-0.15, -0.1) is 11.8 Å². The van der Waals surface area contributed by atoms with Crippen molar-refractivity contribution in [1.82, 2.24) is 4.57 Å². The Morgan fingerprint density at radius 2 is 2.13 bits per heavy atom. The van der Waals surface area contributed by atoms with Gasteiger partial charge in [0, 0.05) is 36.4 Å². The van der Waals surface area contributed by atoms with E-state index in [9.17, 15) is 14.9 Å². The van der Waals surface area contributed by atoms with Gasteiger partial charge in [0.15, 0.2) is 0 Å². The Morgan fingerprint density at radius 1 is 1.35 bits per heavy atom. The maximum atomic E-state index is 12.7. The van der Waals surface area contributed by atoms with E-state index < -0.39 is 0 Å². The van der Waals surface area contributed by atoms with E-state index in [1.54, 1.807) is 35.5 Å². The molecule has 6 nitrogen and oxygen atoms in total. The molecular formula is C16H17N3O3S. The van der Waals surface area contributed by atoms with Gasteiger partial charge in [-0.3, -0.25) is 14.9 Å². The summed E-state index contributed by atoms with van der Waals surface area (Å²) >= 11 is 1.56. The Morgan fingerprint density at radius 3 is 2.83 bits per heavy atom. The molecule has 0 saturated heterocycles. The van der Waals surface area contributed by atoms with Crippen LogP contribution in [0.3, 0.4) is 0 Å². The average Bonchev–Trinajstić information content (AvgIpc) is 3.37. The Bertz CT molecular complexity index is 873. The maximum Gasteiger partial charge on any atom is 0.270 e. The second-order valence-electron chi connectivity index (χ2n) is 6.25. The van der Waals surface area contributed by atoms with Crippen molar-refractivity contribution in [1.29, 1.82) is 0 Å². The van der Waals surface area contributed by atoms with Crippen LogP contribution in [0.5, 0.6) is 0 Å². The third-order valence-corrected chi connectivity index (χ3v) is 5.85. The number of fused-ring (bicyclic) bond motifs is 3. The van der Waals surface area contributed by atoms with E-state index in [1.807, 2.05) is 0 Å². The van der Waals surface area contributed by atoms with Crippen LogP contribution in [0.4, 0.5) is 11.4 Å². The van der Waals surface area contributed by atoms with E-state index >= 15 is 0 Å². The first-order valence-electron chi connectivity index (χ1n) is 7.76. The van der Waals surface area contributed by atoms with Gasteiger partial charge in [-0.05, 0) is 31.2 Å². The summed E-state index contributed by atoms with van der Waals surface area (Å²) in [4.78, 5) is 24.1. The fourth-order valence-electron chi connectivity index (χ4n) is 3.30. The molecule has 1 fully saturated rings. The zero-order valence-electron chi connectivity index (χ0n) is 12.7. The molecule has 4 rings (SSSR count). The molecule has 0 amide bonds. The number of nitrogens with zero attached hydrogens (tertiary/aromatic N) is 2. The summed E-state index contributed by atoms with van der Waals surface area (Å²) in [5.41, 5.74) is 1.53. The van der Waals surface area contributed by atoms with Gasteiger partial charge in [-0.1, -0.05) is 0 Å². The quantitative estimate of drug-likeness (QED) is 0.676. The van der Waals surface area contributed by atoms with Gasteiger partial charge in [-0.2, -0.15) is 0 Å². The first-order chi connectivity index (χ1) is 11.1. The van der Waals surface area contributed by atoms with Gasteiger partial charge >= 0.3 is 0 Å². The molecule has 0 radical (unpaired) electrons. The Labute approximate surface area is 137 Å². The van der Waals surface area contributed by atoms with Crippen molar-refractivity contribution >= 4 is 34.0 Å². The van der Waals surface area contributed by atoms with Crippen LogP contribution in [-0.4, -0.2) is 21.3 Å². The number of aryl methyl sites for hydroxylation is 1. The molecule has 1 aliphatic carbocycles. The second-order valence-corrected chi connectivity index (χ2v) is 7.36. The second kappa shape index (κ2) is 5.26. The fourth-order valence-corrected chi connectivity index (χ4v) is 4.45. The van der Waals surface area contributed by atoms with E-state index in [4.69, 9.17) is 0 Å². The minimum Gasteiger partial charge on any atom is -0.380 e. The van der Waals surface area contributed by atoms with Gasteiger partial charge in [0.1, 0.15) is 0 Å². The number of aromatic nitrogens is 1. The zero-order chi connectivity index (χ0) is 16.1. The van der Waals surface area contributed by atoms with Crippen molar-refractivity contribution in [2.75, 3.05) is 11.1 Å². The summed E-state index contributed by atoms with van der Waals surface area (Å²) in [5, 5.41) is 15.4. The van der Waals surface area contributed by atoms with Crippen LogP contribution in [0.2, 0.25) is 0 Å². The lowest BCUT2D eigenvalue weighted by Crippen LogP contribution is -2.24. The molecule has 2 aromatic rings. The lowest BCUT2D eigenvalue weighted by Gasteiger charge is -2.19. The Kier molecular flexibility index (Phi) is 3.33. The standard InChI is InChI=1S/C16H17N3O3S/c1-18-13-5-4-10(19(21)22)8-11(13)14-15(16(18)20)23-7-6-12(17-14)9-2-3-9/h4-5,8-9,12,17H,2-3,6-7H2,1H3. The summed E-state index contributed by atoms with van der Waals surface area (Å²) in [7, 11) is 1.72. The number of benzene rings is 1. The highest BCUT2D eigenvalue weighted by atomic mass is 32.2. The number of anilines is 1. The lowest BCUT2D eigenvalue weighted by molar-refractivity contribution is -0.384. The smallest absolute Gasteiger partial charge is 0.270 e. The number of non-ortho nitro benzene ring substituents is 1. The van der Waals surface area contributed by atoms with Crippen molar-refractivity contribution < 1.29 is 4.92 Å². The largest absolute Gasteiger partial charge is 0.380 e. The molecule has 7 heteroatoms. The topological polar surface area (TPSA) is 77.2 Å². The Balaban J connectivity index is 1.98. The van der Waals surface area contributed by atoms with Gasteiger partial charge in [0.2, 0.25) is 0 Å². The predicted molar refractivity (Wildman–Crippen MR) is 91.3 cm³/mol. The van der Waals surface area contributed by atoms with E-state index in [2.05, 4.69) is 5.32 Å². The van der Waals surface area contributed by atoms with Crippen molar-refractivity contribution in [3.8, 4) is 0 Å². The molecule has 1 unspecified atom stereocenters. The average molecular weight is 331 g/mol. The minimum atomic E-state index is -0.390. The number of pyridine rings is 1. The Hall–Kier alpha value is -2.02. The maximum absolute atomic E-state index is 12.7. The molecule has 0 bridgehead atoms. The van der Waals surface area contributed by atoms with Crippen LogP contribution in [0.15, 0.2) is 27.9 Å². The van der Waals surface area contributed by atoms with E-state index in [1.165, 1.54) is 18.9 Å². The predicted octanol–water partition coefficient (Wildman–Crippen LogP) is 3.13. The fraction of sp³-hybridized carbons (Fsp3) is 0.438. The number of hydrogen-bond donors (Lipinski definition) is 1. The minimum absolute atomic E-state index is 0.0321. The van der Waals surface area contributed by atoms with Crippen molar-refractivity contribution in [3.63, 3.8) is 0 Å². The SMILES string of the molecule is Cn1c(=O)c2c(c3cc([N+](=O)[O-])ccc31)NC(C1CC1)CCS2. The van der Waals surface area contributed by atoms with E-state index in [0.717, 1.165) is 28.8 Å². The van der Waals surface area contributed by atoms with Crippen molar-refractivity contribution in [2.24, 2.45) is 13.0 Å². The molecular weight excluding hydrogens is 314 g/mol. The molecule has 120 valence electrons. The zero-order valence-corrected chi connectivity index (χ0v) is 13.6. The van der Waals surface area contributed by atoms with Gasteiger partial charge in [0.25, 0.3) is 11.2 Å². The molecule has 1 aromatic carbocycles. The number of nitro groups is 1. The molecule has 1 aromatic heterocycles. The van der Waals surface area contributed by atoms with Gasteiger partial charge in [-0.25, -0.2) is 0 Å². The third kappa shape index (κ3) is 2.39. The molecule has 23 heavy (non-hydrogen) atoms. The van der Waals surface area contributed by atoms with E-state index in [-0.39, 0.29) is 16.2 Å². The summed E-state index contributed by atoms with van der Waals surface area (Å²) in [6, 6.07) is 5.06. The molecule has 1 atom stereocenters. The highest BCUT2D eigenvalue weighted by Crippen LogP contribution is 2.42. The lowest BCUT2D eigenvalue weighted by atomic mass is 10.1. The summed E-state index contributed by atoms with van der Waals surface area (Å²) < 4.78 is 1.59. The van der Waals surface area contributed by atoms with Gasteiger partial charge in [0.05, 0.1) is 21.0 Å². The summed E-state index contributed by atoms with van der Waals surface area (Å²) in [6.07, 6.45) is 3.46. The molecule has 0 spiro atoms.